The second-order valence-electron chi connectivity index (χ2n) is 5.60. The quantitative estimate of drug-likeness (QED) is 0.826. The molecule has 2 N–H and O–H groups in total. The number of nitrogen functional groups attached to an aromatic ring is 1. The summed E-state index contributed by atoms with van der Waals surface area (Å²) >= 11 is 1.53. The maximum absolute atomic E-state index is 12.7. The molecule has 2 heterocycles. The van der Waals surface area contributed by atoms with Gasteiger partial charge in [-0.3, -0.25) is 9.36 Å². The SMILES string of the molecule is CC(C(=O)N1CCOCC1)n1c(N)nnc1SCc1ccccc1. The zero-order valence-electron chi connectivity index (χ0n) is 13.6. The van der Waals surface area contributed by atoms with Crippen LogP contribution in [0.4, 0.5) is 5.95 Å². The third-order valence-electron chi connectivity index (χ3n) is 3.97. The summed E-state index contributed by atoms with van der Waals surface area (Å²) in [7, 11) is 0. The molecule has 0 radical (unpaired) electrons. The summed E-state index contributed by atoms with van der Waals surface area (Å²) in [6, 6.07) is 9.66. The average molecular weight is 347 g/mol. The van der Waals surface area contributed by atoms with E-state index in [0.29, 0.717) is 31.5 Å². The molecule has 1 unspecified atom stereocenters. The van der Waals surface area contributed by atoms with Crippen molar-refractivity contribution in [2.75, 3.05) is 32.0 Å². The van der Waals surface area contributed by atoms with Gasteiger partial charge in [-0.25, -0.2) is 0 Å². The van der Waals surface area contributed by atoms with Crippen LogP contribution in [0.3, 0.4) is 0 Å². The number of carbonyl (C=O) groups is 1. The van der Waals surface area contributed by atoms with Crippen molar-refractivity contribution in [2.45, 2.75) is 23.9 Å². The molecular weight excluding hydrogens is 326 g/mol. The summed E-state index contributed by atoms with van der Waals surface area (Å²) in [5.74, 6) is 1.03. The van der Waals surface area contributed by atoms with Gasteiger partial charge in [-0.1, -0.05) is 42.1 Å². The average Bonchev–Trinajstić information content (AvgIpc) is 3.01. The van der Waals surface area contributed by atoms with Gasteiger partial charge in [0.1, 0.15) is 6.04 Å². The molecule has 0 bridgehead atoms. The van der Waals surface area contributed by atoms with Gasteiger partial charge in [0, 0.05) is 18.8 Å². The molecule has 1 saturated heterocycles. The maximum atomic E-state index is 12.7. The Bertz CT molecular complexity index is 685. The molecule has 2 aromatic rings. The van der Waals surface area contributed by atoms with E-state index in [4.69, 9.17) is 10.5 Å². The van der Waals surface area contributed by atoms with Crippen molar-refractivity contribution in [1.82, 2.24) is 19.7 Å². The van der Waals surface area contributed by atoms with E-state index in [-0.39, 0.29) is 11.9 Å². The number of benzene rings is 1. The standard InChI is InChI=1S/C16H21N5O2S/c1-12(14(22)20-7-9-23-10-8-20)21-15(17)18-19-16(21)24-11-13-5-3-2-4-6-13/h2-6,12H,7-11H2,1H3,(H2,17,18). The number of morpholine rings is 1. The number of carbonyl (C=O) groups excluding carboxylic acids is 1. The number of rotatable bonds is 5. The smallest absolute Gasteiger partial charge is 0.245 e. The lowest BCUT2D eigenvalue weighted by Gasteiger charge is -2.30. The largest absolute Gasteiger partial charge is 0.378 e. The third-order valence-corrected chi connectivity index (χ3v) is 4.98. The molecule has 8 heteroatoms. The first kappa shape index (κ1) is 16.8. The highest BCUT2D eigenvalue weighted by Gasteiger charge is 2.27. The Morgan fingerprint density at radius 2 is 2.00 bits per heavy atom. The van der Waals surface area contributed by atoms with Crippen LogP contribution in [-0.2, 0) is 15.3 Å². The number of anilines is 1. The molecule has 7 nitrogen and oxygen atoms in total. The summed E-state index contributed by atoms with van der Waals surface area (Å²) in [6.07, 6.45) is 0. The molecule has 1 amide bonds. The van der Waals surface area contributed by atoms with Gasteiger partial charge in [-0.15, -0.1) is 10.2 Å². The summed E-state index contributed by atoms with van der Waals surface area (Å²) in [4.78, 5) is 14.5. The normalized spacial score (nSPS) is 16.1. The Labute approximate surface area is 145 Å². The van der Waals surface area contributed by atoms with Crippen LogP contribution >= 0.6 is 11.8 Å². The van der Waals surface area contributed by atoms with E-state index in [0.717, 1.165) is 5.75 Å². The minimum Gasteiger partial charge on any atom is -0.378 e. The Kier molecular flexibility index (Phi) is 5.37. The van der Waals surface area contributed by atoms with Gasteiger partial charge in [0.2, 0.25) is 11.9 Å². The fraction of sp³-hybridized carbons (Fsp3) is 0.438. The summed E-state index contributed by atoms with van der Waals surface area (Å²) in [6.45, 7) is 4.21. The number of hydrogen-bond donors (Lipinski definition) is 1. The number of ether oxygens (including phenoxy) is 1. The molecule has 1 aliphatic heterocycles. The minimum absolute atomic E-state index is 0.0198. The van der Waals surface area contributed by atoms with Crippen LogP contribution in [0.15, 0.2) is 35.5 Å². The van der Waals surface area contributed by atoms with Gasteiger partial charge >= 0.3 is 0 Å². The zero-order chi connectivity index (χ0) is 16.9. The first-order chi connectivity index (χ1) is 11.7. The van der Waals surface area contributed by atoms with E-state index in [2.05, 4.69) is 22.3 Å². The Balaban J connectivity index is 1.72. The van der Waals surface area contributed by atoms with E-state index in [1.165, 1.54) is 17.3 Å². The van der Waals surface area contributed by atoms with Crippen molar-refractivity contribution in [3.63, 3.8) is 0 Å². The van der Waals surface area contributed by atoms with E-state index in [1.54, 1.807) is 9.47 Å². The van der Waals surface area contributed by atoms with E-state index < -0.39 is 6.04 Å². The highest BCUT2D eigenvalue weighted by atomic mass is 32.2. The van der Waals surface area contributed by atoms with Crippen molar-refractivity contribution >= 4 is 23.6 Å². The summed E-state index contributed by atoms with van der Waals surface area (Å²) in [5, 5.41) is 8.74. The second-order valence-corrected chi connectivity index (χ2v) is 6.54. The van der Waals surface area contributed by atoms with E-state index in [9.17, 15) is 4.79 Å². The molecule has 3 rings (SSSR count). The predicted octanol–water partition coefficient (Wildman–Crippen LogP) is 1.57. The Morgan fingerprint density at radius 1 is 1.29 bits per heavy atom. The van der Waals surface area contributed by atoms with Crippen molar-refractivity contribution in [3.05, 3.63) is 35.9 Å². The van der Waals surface area contributed by atoms with E-state index >= 15 is 0 Å². The molecule has 1 atom stereocenters. The van der Waals surface area contributed by atoms with Crippen LogP contribution in [0.25, 0.3) is 0 Å². The molecule has 1 aromatic heterocycles. The highest BCUT2D eigenvalue weighted by molar-refractivity contribution is 7.98. The second kappa shape index (κ2) is 7.67. The lowest BCUT2D eigenvalue weighted by Crippen LogP contribution is -2.43. The van der Waals surface area contributed by atoms with E-state index in [1.807, 2.05) is 25.1 Å². The highest BCUT2D eigenvalue weighted by Crippen LogP contribution is 2.27. The zero-order valence-corrected chi connectivity index (χ0v) is 14.4. The number of nitrogens with zero attached hydrogens (tertiary/aromatic N) is 4. The van der Waals surface area contributed by atoms with Gasteiger partial charge in [0.25, 0.3) is 0 Å². The minimum atomic E-state index is -0.434. The predicted molar refractivity (Wildman–Crippen MR) is 92.5 cm³/mol. The van der Waals surface area contributed by atoms with Crippen LogP contribution < -0.4 is 5.73 Å². The van der Waals surface area contributed by atoms with Crippen LogP contribution in [0.2, 0.25) is 0 Å². The van der Waals surface area contributed by atoms with Crippen LogP contribution in [0, 0.1) is 0 Å². The number of nitrogens with two attached hydrogens (primary N) is 1. The molecular formula is C16H21N5O2S. The van der Waals surface area contributed by atoms with Crippen LogP contribution in [0.1, 0.15) is 18.5 Å². The molecule has 0 aliphatic carbocycles. The van der Waals surface area contributed by atoms with Crippen LogP contribution in [0.5, 0.6) is 0 Å². The lowest BCUT2D eigenvalue weighted by atomic mass is 10.2. The maximum Gasteiger partial charge on any atom is 0.245 e. The monoisotopic (exact) mass is 347 g/mol. The topological polar surface area (TPSA) is 86.3 Å². The third kappa shape index (κ3) is 3.70. The number of hydrogen-bond acceptors (Lipinski definition) is 6. The fourth-order valence-electron chi connectivity index (χ4n) is 2.63. The molecule has 24 heavy (non-hydrogen) atoms. The molecule has 1 fully saturated rings. The Hall–Kier alpha value is -2.06. The Morgan fingerprint density at radius 3 is 2.71 bits per heavy atom. The van der Waals surface area contributed by atoms with Crippen molar-refractivity contribution in [1.29, 1.82) is 0 Å². The number of thioether (sulfide) groups is 1. The van der Waals surface area contributed by atoms with Crippen molar-refractivity contribution in [2.24, 2.45) is 0 Å². The number of amides is 1. The molecule has 128 valence electrons. The summed E-state index contributed by atoms with van der Waals surface area (Å²) in [5.41, 5.74) is 7.14. The van der Waals surface area contributed by atoms with Gasteiger partial charge < -0.3 is 15.4 Å². The van der Waals surface area contributed by atoms with Gasteiger partial charge in [0.05, 0.1) is 13.2 Å². The fourth-order valence-corrected chi connectivity index (χ4v) is 3.61. The molecule has 1 aromatic carbocycles. The van der Waals surface area contributed by atoms with Gasteiger partial charge in [0.15, 0.2) is 5.16 Å². The van der Waals surface area contributed by atoms with Crippen molar-refractivity contribution < 1.29 is 9.53 Å². The van der Waals surface area contributed by atoms with Crippen molar-refractivity contribution in [3.8, 4) is 0 Å². The number of aromatic nitrogens is 3. The summed E-state index contributed by atoms with van der Waals surface area (Å²) < 4.78 is 7.01. The molecule has 0 spiro atoms. The van der Waals surface area contributed by atoms with Gasteiger partial charge in [-0.05, 0) is 12.5 Å². The van der Waals surface area contributed by atoms with Gasteiger partial charge in [-0.2, -0.15) is 0 Å². The molecule has 0 saturated carbocycles. The molecule has 1 aliphatic rings. The first-order valence-electron chi connectivity index (χ1n) is 7.90. The first-order valence-corrected chi connectivity index (χ1v) is 8.89. The lowest BCUT2D eigenvalue weighted by molar-refractivity contribution is -0.138. The van der Waals surface area contributed by atoms with Crippen LogP contribution in [-0.4, -0.2) is 51.9 Å².